The van der Waals surface area contributed by atoms with Crippen molar-refractivity contribution in [1.82, 2.24) is 15.2 Å². The highest BCUT2D eigenvalue weighted by molar-refractivity contribution is 6.33. The molecule has 9 heteroatoms. The first-order valence-corrected chi connectivity index (χ1v) is 8.89. The molecule has 0 saturated carbocycles. The van der Waals surface area contributed by atoms with E-state index in [1.807, 2.05) is 40.1 Å². The molecule has 0 bridgehead atoms. The predicted molar refractivity (Wildman–Crippen MR) is 97.3 cm³/mol. The monoisotopic (exact) mass is 400 g/mol. The third-order valence-corrected chi connectivity index (χ3v) is 4.72. The number of pyridine rings is 1. The van der Waals surface area contributed by atoms with Crippen LogP contribution in [0, 0.1) is 0 Å². The van der Waals surface area contributed by atoms with Crippen molar-refractivity contribution in [3.05, 3.63) is 58.7 Å². The van der Waals surface area contributed by atoms with E-state index in [4.69, 9.17) is 11.6 Å². The highest BCUT2D eigenvalue weighted by Crippen LogP contribution is 2.33. The van der Waals surface area contributed by atoms with Gasteiger partial charge in [-0.1, -0.05) is 41.9 Å². The molecule has 1 aromatic heterocycles. The van der Waals surface area contributed by atoms with E-state index < -0.39 is 18.1 Å². The maximum atomic E-state index is 12.7. The number of benzene rings is 1. The SMILES string of the molecule is OC(NCc1ccccc1)N1CCN(c2ncc(C(F)(F)F)cc2Cl)CC1. The van der Waals surface area contributed by atoms with Gasteiger partial charge in [0.2, 0.25) is 0 Å². The van der Waals surface area contributed by atoms with Gasteiger partial charge in [0.25, 0.3) is 0 Å². The topological polar surface area (TPSA) is 51.6 Å². The summed E-state index contributed by atoms with van der Waals surface area (Å²) in [5, 5.41) is 13.3. The standard InChI is InChI=1S/C18H20ClF3N4O/c19-15-10-14(18(20,21)22)12-23-16(15)25-6-8-26(9-7-25)17(27)24-11-13-4-2-1-3-5-13/h1-5,10,12,17,24,27H,6-9,11H2. The number of nitrogens with one attached hydrogen (secondary N) is 1. The lowest BCUT2D eigenvalue weighted by Crippen LogP contribution is -2.54. The van der Waals surface area contributed by atoms with Crippen LogP contribution in [0.4, 0.5) is 19.0 Å². The van der Waals surface area contributed by atoms with Crippen LogP contribution in [0.1, 0.15) is 11.1 Å². The number of rotatable bonds is 5. The molecule has 3 rings (SSSR count). The van der Waals surface area contributed by atoms with E-state index in [9.17, 15) is 18.3 Å². The van der Waals surface area contributed by atoms with Crippen molar-refractivity contribution in [2.24, 2.45) is 0 Å². The summed E-state index contributed by atoms with van der Waals surface area (Å²) in [5.41, 5.74) is 0.200. The van der Waals surface area contributed by atoms with Crippen LogP contribution >= 0.6 is 11.6 Å². The van der Waals surface area contributed by atoms with Gasteiger partial charge in [-0.05, 0) is 11.6 Å². The predicted octanol–water partition coefficient (Wildman–Crippen LogP) is 2.94. The molecule has 1 atom stereocenters. The van der Waals surface area contributed by atoms with Crippen molar-refractivity contribution in [1.29, 1.82) is 0 Å². The van der Waals surface area contributed by atoms with Crippen LogP contribution in [0.2, 0.25) is 5.02 Å². The average Bonchev–Trinajstić information content (AvgIpc) is 2.66. The van der Waals surface area contributed by atoms with Crippen molar-refractivity contribution in [3.8, 4) is 0 Å². The van der Waals surface area contributed by atoms with Gasteiger partial charge >= 0.3 is 6.18 Å². The Morgan fingerprint density at radius 2 is 1.81 bits per heavy atom. The molecule has 2 heterocycles. The lowest BCUT2D eigenvalue weighted by Gasteiger charge is -2.38. The third kappa shape index (κ3) is 5.10. The van der Waals surface area contributed by atoms with Crippen LogP contribution in [0.5, 0.6) is 0 Å². The Labute approximate surface area is 160 Å². The fraction of sp³-hybridized carbons (Fsp3) is 0.389. The van der Waals surface area contributed by atoms with Gasteiger partial charge in [0, 0.05) is 38.9 Å². The normalized spacial score (nSPS) is 17.1. The number of halogens is 4. The molecular formula is C18H20ClF3N4O. The van der Waals surface area contributed by atoms with Gasteiger partial charge in [-0.3, -0.25) is 10.2 Å². The van der Waals surface area contributed by atoms with E-state index >= 15 is 0 Å². The quantitative estimate of drug-likeness (QED) is 0.756. The zero-order valence-corrected chi connectivity index (χ0v) is 15.2. The number of hydrogen-bond donors (Lipinski definition) is 2. The molecule has 146 valence electrons. The van der Waals surface area contributed by atoms with Crippen LogP contribution < -0.4 is 10.2 Å². The number of anilines is 1. The van der Waals surface area contributed by atoms with Gasteiger partial charge in [-0.2, -0.15) is 13.2 Å². The van der Waals surface area contributed by atoms with E-state index in [2.05, 4.69) is 10.3 Å². The second-order valence-electron chi connectivity index (χ2n) is 6.29. The van der Waals surface area contributed by atoms with Gasteiger partial charge in [0.1, 0.15) is 5.82 Å². The smallest absolute Gasteiger partial charge is 0.365 e. The summed E-state index contributed by atoms with van der Waals surface area (Å²) < 4.78 is 38.2. The second-order valence-corrected chi connectivity index (χ2v) is 6.70. The summed E-state index contributed by atoms with van der Waals surface area (Å²) in [6.45, 7) is 2.60. The van der Waals surface area contributed by atoms with Crippen molar-refractivity contribution >= 4 is 17.4 Å². The molecule has 27 heavy (non-hydrogen) atoms. The van der Waals surface area contributed by atoms with Gasteiger partial charge in [-0.15, -0.1) is 0 Å². The summed E-state index contributed by atoms with van der Waals surface area (Å²) >= 11 is 6.01. The Balaban J connectivity index is 1.54. The van der Waals surface area contributed by atoms with Crippen molar-refractivity contribution in [2.75, 3.05) is 31.1 Å². The van der Waals surface area contributed by atoms with Crippen molar-refractivity contribution in [3.63, 3.8) is 0 Å². The minimum atomic E-state index is -4.47. The molecule has 0 spiro atoms. The fourth-order valence-electron chi connectivity index (χ4n) is 2.93. The van der Waals surface area contributed by atoms with E-state index in [0.29, 0.717) is 38.5 Å². The molecule has 2 N–H and O–H groups in total. The molecule has 1 fully saturated rings. The lowest BCUT2D eigenvalue weighted by molar-refractivity contribution is -0.137. The van der Waals surface area contributed by atoms with Gasteiger partial charge in [-0.25, -0.2) is 4.98 Å². The molecule has 0 amide bonds. The largest absolute Gasteiger partial charge is 0.417 e. The van der Waals surface area contributed by atoms with Crippen LogP contribution in [0.3, 0.4) is 0 Å². The van der Waals surface area contributed by atoms with Crippen LogP contribution in [0.25, 0.3) is 0 Å². The zero-order valence-electron chi connectivity index (χ0n) is 14.5. The Morgan fingerprint density at radius 1 is 1.15 bits per heavy atom. The molecule has 1 unspecified atom stereocenters. The van der Waals surface area contributed by atoms with E-state index in [-0.39, 0.29) is 5.02 Å². The molecule has 0 aliphatic carbocycles. The summed E-state index contributed by atoms with van der Waals surface area (Å²) in [6, 6.07) is 10.6. The number of hydrogen-bond acceptors (Lipinski definition) is 5. The Hall–Kier alpha value is -1.87. The van der Waals surface area contributed by atoms with Gasteiger partial charge in [0.05, 0.1) is 10.6 Å². The van der Waals surface area contributed by atoms with Gasteiger partial charge in [0.15, 0.2) is 6.35 Å². The number of piperazine rings is 1. The molecule has 5 nitrogen and oxygen atoms in total. The first-order valence-electron chi connectivity index (χ1n) is 8.52. The third-order valence-electron chi connectivity index (χ3n) is 4.44. The molecule has 1 aliphatic heterocycles. The Bertz CT molecular complexity index is 752. The van der Waals surface area contributed by atoms with Crippen LogP contribution in [-0.2, 0) is 12.7 Å². The van der Waals surface area contributed by atoms with E-state index in [0.717, 1.165) is 17.8 Å². The molecule has 0 radical (unpaired) electrons. The molecule has 1 aromatic carbocycles. The zero-order chi connectivity index (χ0) is 19.4. The molecule has 2 aromatic rings. The second kappa shape index (κ2) is 8.43. The van der Waals surface area contributed by atoms with Crippen LogP contribution in [-0.4, -0.2) is 47.5 Å². The molecule has 1 saturated heterocycles. The minimum absolute atomic E-state index is 0.0268. The number of alkyl halides is 3. The number of aliphatic hydroxyl groups is 1. The van der Waals surface area contributed by atoms with Crippen molar-refractivity contribution < 1.29 is 18.3 Å². The number of aliphatic hydroxyl groups excluding tert-OH is 1. The first-order chi connectivity index (χ1) is 12.8. The molecular weight excluding hydrogens is 381 g/mol. The maximum absolute atomic E-state index is 12.7. The van der Waals surface area contributed by atoms with Crippen LogP contribution in [0.15, 0.2) is 42.6 Å². The summed E-state index contributed by atoms with van der Waals surface area (Å²) in [7, 11) is 0. The fourth-order valence-corrected chi connectivity index (χ4v) is 3.22. The molecule has 1 aliphatic rings. The van der Waals surface area contributed by atoms with Gasteiger partial charge < -0.3 is 10.0 Å². The highest BCUT2D eigenvalue weighted by Gasteiger charge is 2.32. The maximum Gasteiger partial charge on any atom is 0.417 e. The Kier molecular flexibility index (Phi) is 6.21. The summed E-state index contributed by atoms with van der Waals surface area (Å²) in [4.78, 5) is 7.57. The number of aromatic nitrogens is 1. The lowest BCUT2D eigenvalue weighted by atomic mass is 10.2. The first kappa shape index (κ1) is 19.9. The summed E-state index contributed by atoms with van der Waals surface area (Å²) in [6.07, 6.45) is -4.48. The van der Waals surface area contributed by atoms with E-state index in [1.165, 1.54) is 0 Å². The van der Waals surface area contributed by atoms with E-state index in [1.54, 1.807) is 0 Å². The van der Waals surface area contributed by atoms with Crippen molar-refractivity contribution in [2.45, 2.75) is 19.1 Å². The summed E-state index contributed by atoms with van der Waals surface area (Å²) in [5.74, 6) is 0.330. The average molecular weight is 401 g/mol. The minimum Gasteiger partial charge on any atom is -0.365 e. The Morgan fingerprint density at radius 3 is 2.41 bits per heavy atom. The number of nitrogens with zero attached hydrogens (tertiary/aromatic N) is 3. The highest BCUT2D eigenvalue weighted by atomic mass is 35.5.